The first-order chi connectivity index (χ1) is 10.2. The number of aliphatic hydroxyl groups is 1. The van der Waals surface area contributed by atoms with Gasteiger partial charge in [0.2, 0.25) is 0 Å². The van der Waals surface area contributed by atoms with Gasteiger partial charge in [0, 0.05) is 32.2 Å². The summed E-state index contributed by atoms with van der Waals surface area (Å²) in [5.74, 6) is 0.633. The Bertz CT molecular complexity index is 525. The van der Waals surface area contributed by atoms with Crippen molar-refractivity contribution >= 4 is 0 Å². The van der Waals surface area contributed by atoms with E-state index in [1.54, 1.807) is 7.11 Å². The normalized spacial score (nSPS) is 19.2. The minimum Gasteiger partial charge on any atom is -0.495 e. The van der Waals surface area contributed by atoms with Crippen molar-refractivity contribution in [2.45, 2.75) is 19.4 Å². The van der Waals surface area contributed by atoms with Gasteiger partial charge in [-0.25, -0.2) is 0 Å². The smallest absolute Gasteiger partial charge is 0.136 e. The summed E-state index contributed by atoms with van der Waals surface area (Å²) in [7, 11) is 1.59. The zero-order valence-corrected chi connectivity index (χ0v) is 12.7. The molecule has 0 bridgehead atoms. The molecular formula is C16H23N3O2. The van der Waals surface area contributed by atoms with E-state index in [9.17, 15) is 10.4 Å². The van der Waals surface area contributed by atoms with E-state index in [4.69, 9.17) is 4.74 Å². The number of hydrogen-bond acceptors (Lipinski definition) is 5. The highest BCUT2D eigenvalue weighted by molar-refractivity contribution is 5.51. The van der Waals surface area contributed by atoms with E-state index in [0.717, 1.165) is 38.2 Å². The molecule has 0 saturated carbocycles. The Morgan fingerprint density at radius 3 is 3.00 bits per heavy atom. The Kier molecular flexibility index (Phi) is 5.57. The van der Waals surface area contributed by atoms with Gasteiger partial charge >= 0.3 is 0 Å². The molecule has 0 radical (unpaired) electrons. The lowest BCUT2D eigenvalue weighted by Gasteiger charge is -2.35. The molecule has 1 aromatic carbocycles. The number of ether oxygens (including phenoxy) is 1. The summed E-state index contributed by atoms with van der Waals surface area (Å²) >= 11 is 0. The van der Waals surface area contributed by atoms with Crippen LogP contribution in [0.3, 0.4) is 0 Å². The fraction of sp³-hybridized carbons (Fsp3) is 0.562. The standard InChI is InChI=1S/C16H23N3O2/c1-12-13(3-4-16(21-2)15(12)9-17)5-7-19-8-6-18-10-14(19)11-20/h3-4,14,18,20H,5-8,10-11H2,1-2H3. The number of nitrogens with one attached hydrogen (secondary N) is 1. The summed E-state index contributed by atoms with van der Waals surface area (Å²) < 4.78 is 5.23. The summed E-state index contributed by atoms with van der Waals surface area (Å²) in [4.78, 5) is 2.31. The monoisotopic (exact) mass is 289 g/mol. The molecule has 1 aliphatic heterocycles. The largest absolute Gasteiger partial charge is 0.495 e. The molecule has 5 heteroatoms. The van der Waals surface area contributed by atoms with Gasteiger partial charge in [0.05, 0.1) is 19.3 Å². The molecule has 0 spiro atoms. The number of piperazine rings is 1. The van der Waals surface area contributed by atoms with Crippen molar-refractivity contribution in [3.05, 3.63) is 28.8 Å². The summed E-state index contributed by atoms with van der Waals surface area (Å²) in [6, 6.07) is 6.31. The molecule has 1 aromatic rings. The van der Waals surface area contributed by atoms with Crippen LogP contribution in [0.1, 0.15) is 16.7 Å². The second kappa shape index (κ2) is 7.41. The van der Waals surface area contributed by atoms with Crippen LogP contribution in [0.2, 0.25) is 0 Å². The maximum absolute atomic E-state index is 9.42. The quantitative estimate of drug-likeness (QED) is 0.834. The number of benzene rings is 1. The third-order valence-electron chi connectivity index (χ3n) is 4.22. The molecule has 5 nitrogen and oxygen atoms in total. The van der Waals surface area contributed by atoms with Gasteiger partial charge in [-0.05, 0) is 30.5 Å². The van der Waals surface area contributed by atoms with Crippen molar-refractivity contribution in [2.24, 2.45) is 0 Å². The molecule has 0 amide bonds. The Labute approximate surface area is 126 Å². The highest BCUT2D eigenvalue weighted by atomic mass is 16.5. The molecule has 21 heavy (non-hydrogen) atoms. The molecule has 0 aromatic heterocycles. The van der Waals surface area contributed by atoms with E-state index in [1.165, 1.54) is 5.56 Å². The minimum atomic E-state index is 0.179. The third kappa shape index (κ3) is 3.53. The van der Waals surface area contributed by atoms with E-state index in [0.29, 0.717) is 11.3 Å². The Morgan fingerprint density at radius 1 is 1.52 bits per heavy atom. The number of nitrogens with zero attached hydrogens (tertiary/aromatic N) is 2. The summed E-state index contributed by atoms with van der Waals surface area (Å²) in [6.07, 6.45) is 0.876. The van der Waals surface area contributed by atoms with Crippen LogP contribution in [0.25, 0.3) is 0 Å². The van der Waals surface area contributed by atoms with Gasteiger partial charge in [0.15, 0.2) is 0 Å². The second-order valence-electron chi connectivity index (χ2n) is 5.37. The summed E-state index contributed by atoms with van der Waals surface area (Å²) in [6.45, 7) is 5.79. The van der Waals surface area contributed by atoms with Crippen molar-refractivity contribution < 1.29 is 9.84 Å². The lowest BCUT2D eigenvalue weighted by atomic mass is 9.99. The van der Waals surface area contributed by atoms with Gasteiger partial charge in [-0.3, -0.25) is 4.90 Å². The van der Waals surface area contributed by atoms with E-state index >= 15 is 0 Å². The first-order valence-electron chi connectivity index (χ1n) is 7.33. The highest BCUT2D eigenvalue weighted by Crippen LogP contribution is 2.24. The van der Waals surface area contributed by atoms with E-state index in [1.807, 2.05) is 19.1 Å². The molecule has 1 fully saturated rings. The van der Waals surface area contributed by atoms with Crippen molar-refractivity contribution in [3.8, 4) is 11.8 Å². The molecule has 1 saturated heterocycles. The van der Waals surface area contributed by atoms with Gasteiger partial charge in [-0.2, -0.15) is 5.26 Å². The molecule has 1 atom stereocenters. The Balaban J connectivity index is 2.08. The van der Waals surface area contributed by atoms with Crippen LogP contribution < -0.4 is 10.1 Å². The van der Waals surface area contributed by atoms with Crippen molar-refractivity contribution in [1.29, 1.82) is 5.26 Å². The van der Waals surface area contributed by atoms with Gasteiger partial charge in [0.1, 0.15) is 11.8 Å². The van der Waals surface area contributed by atoms with E-state index < -0.39 is 0 Å². The lowest BCUT2D eigenvalue weighted by molar-refractivity contribution is 0.102. The first kappa shape index (κ1) is 15.8. The van der Waals surface area contributed by atoms with Crippen LogP contribution >= 0.6 is 0 Å². The van der Waals surface area contributed by atoms with E-state index in [-0.39, 0.29) is 12.6 Å². The van der Waals surface area contributed by atoms with Crippen molar-refractivity contribution in [3.63, 3.8) is 0 Å². The molecule has 1 aliphatic rings. The second-order valence-corrected chi connectivity index (χ2v) is 5.37. The van der Waals surface area contributed by atoms with Crippen LogP contribution in [0.5, 0.6) is 5.75 Å². The Morgan fingerprint density at radius 2 is 2.33 bits per heavy atom. The molecule has 0 aliphatic carbocycles. The minimum absolute atomic E-state index is 0.179. The maximum Gasteiger partial charge on any atom is 0.136 e. The number of methoxy groups -OCH3 is 1. The van der Waals surface area contributed by atoms with E-state index in [2.05, 4.69) is 16.3 Å². The van der Waals surface area contributed by atoms with Crippen LogP contribution in [0.15, 0.2) is 12.1 Å². The lowest BCUT2D eigenvalue weighted by Crippen LogP contribution is -2.53. The average Bonchev–Trinajstić information content (AvgIpc) is 2.53. The molecular weight excluding hydrogens is 266 g/mol. The molecule has 2 N–H and O–H groups in total. The number of aliphatic hydroxyl groups excluding tert-OH is 1. The fourth-order valence-electron chi connectivity index (χ4n) is 2.85. The van der Waals surface area contributed by atoms with Crippen LogP contribution in [0, 0.1) is 18.3 Å². The van der Waals surface area contributed by atoms with Crippen molar-refractivity contribution in [2.75, 3.05) is 39.9 Å². The fourth-order valence-corrected chi connectivity index (χ4v) is 2.85. The molecule has 2 rings (SSSR count). The predicted molar refractivity (Wildman–Crippen MR) is 81.5 cm³/mol. The highest BCUT2D eigenvalue weighted by Gasteiger charge is 2.21. The summed E-state index contributed by atoms with van der Waals surface area (Å²) in [5.41, 5.74) is 2.78. The average molecular weight is 289 g/mol. The SMILES string of the molecule is COc1ccc(CCN2CCNCC2CO)c(C)c1C#N. The van der Waals surface area contributed by atoms with Crippen LogP contribution in [0.4, 0.5) is 0 Å². The molecule has 1 heterocycles. The van der Waals surface area contributed by atoms with Gasteiger partial charge in [-0.15, -0.1) is 0 Å². The number of nitriles is 1. The zero-order chi connectivity index (χ0) is 15.2. The van der Waals surface area contributed by atoms with Crippen LogP contribution in [-0.2, 0) is 6.42 Å². The van der Waals surface area contributed by atoms with Gasteiger partial charge in [0.25, 0.3) is 0 Å². The summed E-state index contributed by atoms with van der Waals surface area (Å²) in [5, 5.41) is 22.0. The zero-order valence-electron chi connectivity index (χ0n) is 12.7. The number of hydrogen-bond donors (Lipinski definition) is 2. The maximum atomic E-state index is 9.42. The first-order valence-corrected chi connectivity index (χ1v) is 7.33. The molecule has 114 valence electrons. The molecule has 1 unspecified atom stereocenters. The van der Waals surface area contributed by atoms with Crippen molar-refractivity contribution in [1.82, 2.24) is 10.2 Å². The topological polar surface area (TPSA) is 68.5 Å². The third-order valence-corrected chi connectivity index (χ3v) is 4.22. The number of rotatable bonds is 5. The van der Waals surface area contributed by atoms with Crippen LogP contribution in [-0.4, -0.2) is 55.9 Å². The van der Waals surface area contributed by atoms with Gasteiger partial charge in [-0.1, -0.05) is 6.07 Å². The predicted octanol–water partition coefficient (Wildman–Crippen LogP) is 0.684. The Hall–Kier alpha value is -1.61. The van der Waals surface area contributed by atoms with Gasteiger partial charge < -0.3 is 15.2 Å².